The lowest BCUT2D eigenvalue weighted by molar-refractivity contribution is 0.112. The monoisotopic (exact) mass is 308 g/mol. The van der Waals surface area contributed by atoms with Gasteiger partial charge in [-0.3, -0.25) is 4.79 Å². The van der Waals surface area contributed by atoms with E-state index >= 15 is 0 Å². The van der Waals surface area contributed by atoms with Crippen LogP contribution in [-0.4, -0.2) is 16.3 Å². The summed E-state index contributed by atoms with van der Waals surface area (Å²) in [5, 5.41) is 4.52. The molecule has 0 spiro atoms. The molecule has 1 heterocycles. The Labute approximate surface area is 137 Å². The number of nitrogens with zero attached hydrogens (tertiary/aromatic N) is 2. The Balaban J connectivity index is 2.09. The summed E-state index contributed by atoms with van der Waals surface area (Å²) in [6, 6.07) is 22.0. The second-order valence-electron chi connectivity index (χ2n) is 5.88. The third-order valence-electron chi connectivity index (χ3n) is 4.48. The highest BCUT2D eigenvalue weighted by atomic mass is 16.1. The van der Waals surface area contributed by atoms with E-state index in [4.69, 9.17) is 9.97 Å². The summed E-state index contributed by atoms with van der Waals surface area (Å²) in [4.78, 5) is 20.7. The molecule has 24 heavy (non-hydrogen) atoms. The molecule has 3 nitrogen and oxygen atoms in total. The van der Waals surface area contributed by atoms with Crippen LogP contribution in [0.2, 0.25) is 0 Å². The predicted octanol–water partition coefficient (Wildman–Crippen LogP) is 4.90. The summed E-state index contributed by atoms with van der Waals surface area (Å²) >= 11 is 0. The molecule has 0 aliphatic heterocycles. The fourth-order valence-corrected chi connectivity index (χ4v) is 3.37. The lowest BCUT2D eigenvalue weighted by atomic mass is 9.99. The lowest BCUT2D eigenvalue weighted by Crippen LogP contribution is -1.92. The van der Waals surface area contributed by atoms with Gasteiger partial charge in [-0.15, -0.1) is 0 Å². The first-order valence-corrected chi connectivity index (χ1v) is 7.81. The molecule has 0 radical (unpaired) electrons. The van der Waals surface area contributed by atoms with E-state index in [1.807, 2.05) is 30.3 Å². The highest BCUT2D eigenvalue weighted by molar-refractivity contribution is 6.23. The van der Waals surface area contributed by atoms with Crippen molar-refractivity contribution in [1.82, 2.24) is 9.97 Å². The zero-order chi connectivity index (χ0) is 16.1. The van der Waals surface area contributed by atoms with Gasteiger partial charge >= 0.3 is 0 Å². The molecule has 112 valence electrons. The Morgan fingerprint density at radius 1 is 0.625 bits per heavy atom. The number of aromatic nitrogens is 2. The molecule has 3 heteroatoms. The number of fused-ring (bicyclic) bond motifs is 7. The van der Waals surface area contributed by atoms with Crippen LogP contribution in [0, 0.1) is 0 Å². The molecule has 4 aromatic carbocycles. The van der Waals surface area contributed by atoms with Crippen LogP contribution in [0.5, 0.6) is 0 Å². The molecule has 5 aromatic rings. The maximum absolute atomic E-state index is 11.1. The van der Waals surface area contributed by atoms with Crippen molar-refractivity contribution < 1.29 is 4.79 Å². The molecule has 0 aliphatic rings. The van der Waals surface area contributed by atoms with E-state index in [1.165, 1.54) is 10.8 Å². The van der Waals surface area contributed by atoms with E-state index in [1.54, 1.807) is 12.1 Å². The van der Waals surface area contributed by atoms with Crippen LogP contribution < -0.4 is 0 Å². The summed E-state index contributed by atoms with van der Waals surface area (Å²) in [5.74, 6) is 0. The lowest BCUT2D eigenvalue weighted by Gasteiger charge is -2.10. The molecule has 0 bridgehead atoms. The molecule has 0 atom stereocenters. The molecule has 0 saturated heterocycles. The van der Waals surface area contributed by atoms with Crippen LogP contribution in [0.15, 0.2) is 66.7 Å². The fraction of sp³-hybridized carbons (Fsp3) is 0. The molecule has 0 N–H and O–H groups in total. The van der Waals surface area contributed by atoms with Gasteiger partial charge in [0, 0.05) is 16.3 Å². The number of carbonyl (C=O) groups is 1. The van der Waals surface area contributed by atoms with E-state index < -0.39 is 0 Å². The molecular formula is C21H12N2O. The van der Waals surface area contributed by atoms with Gasteiger partial charge < -0.3 is 0 Å². The Bertz CT molecular complexity index is 1270. The van der Waals surface area contributed by atoms with E-state index in [0.717, 1.165) is 39.1 Å². The Kier molecular flexibility index (Phi) is 2.65. The predicted molar refractivity (Wildman–Crippen MR) is 97.4 cm³/mol. The van der Waals surface area contributed by atoms with E-state index in [2.05, 4.69) is 24.3 Å². The van der Waals surface area contributed by atoms with Gasteiger partial charge in [-0.25, -0.2) is 9.97 Å². The van der Waals surface area contributed by atoms with Crippen LogP contribution in [0.1, 0.15) is 10.4 Å². The molecule has 1 aromatic heterocycles. The minimum absolute atomic E-state index is 0.612. The Hall–Kier alpha value is -3.33. The van der Waals surface area contributed by atoms with E-state index in [-0.39, 0.29) is 0 Å². The zero-order valence-corrected chi connectivity index (χ0v) is 12.7. The molecule has 0 saturated carbocycles. The van der Waals surface area contributed by atoms with Gasteiger partial charge in [-0.1, -0.05) is 48.5 Å². The van der Waals surface area contributed by atoms with Gasteiger partial charge in [-0.05, 0) is 29.0 Å². The third-order valence-corrected chi connectivity index (χ3v) is 4.48. The fourth-order valence-electron chi connectivity index (χ4n) is 3.37. The van der Waals surface area contributed by atoms with Gasteiger partial charge in [-0.2, -0.15) is 0 Å². The first-order chi connectivity index (χ1) is 11.8. The Morgan fingerprint density at radius 3 is 1.75 bits per heavy atom. The van der Waals surface area contributed by atoms with Crippen LogP contribution in [0.4, 0.5) is 0 Å². The number of hydrogen-bond donors (Lipinski definition) is 0. The summed E-state index contributed by atoms with van der Waals surface area (Å²) in [5.41, 5.74) is 3.93. The van der Waals surface area contributed by atoms with Gasteiger partial charge in [0.05, 0.1) is 22.1 Å². The first kappa shape index (κ1) is 13.1. The standard InChI is InChI=1S/C21H12N2O/c24-12-13-9-10-18-19(11-13)23-21-17-8-4-2-6-15(17)14-5-1-3-7-16(14)20(21)22-18/h1-12H. The van der Waals surface area contributed by atoms with Gasteiger partial charge in [0.1, 0.15) is 6.29 Å². The second kappa shape index (κ2) is 4.83. The minimum atomic E-state index is 0.612. The molecule has 0 fully saturated rings. The molecule has 0 amide bonds. The van der Waals surface area contributed by atoms with Crippen molar-refractivity contribution >= 4 is 49.9 Å². The number of carbonyl (C=O) groups excluding carboxylic acids is 1. The summed E-state index contributed by atoms with van der Waals surface area (Å²) in [6.45, 7) is 0. The van der Waals surface area contributed by atoms with Crippen molar-refractivity contribution in [2.24, 2.45) is 0 Å². The number of aldehydes is 1. The van der Waals surface area contributed by atoms with Crippen molar-refractivity contribution in [3.63, 3.8) is 0 Å². The molecule has 5 rings (SSSR count). The largest absolute Gasteiger partial charge is 0.298 e. The first-order valence-electron chi connectivity index (χ1n) is 7.81. The topological polar surface area (TPSA) is 42.9 Å². The smallest absolute Gasteiger partial charge is 0.150 e. The summed E-state index contributed by atoms with van der Waals surface area (Å²) < 4.78 is 0. The SMILES string of the molecule is O=Cc1ccc2nc3c4ccccc4c4ccccc4c3nc2c1. The van der Waals surface area contributed by atoms with Crippen molar-refractivity contribution in [3.8, 4) is 0 Å². The van der Waals surface area contributed by atoms with Crippen LogP contribution >= 0.6 is 0 Å². The van der Waals surface area contributed by atoms with Gasteiger partial charge in [0.2, 0.25) is 0 Å². The molecule has 0 unspecified atom stereocenters. The number of rotatable bonds is 1. The molecular weight excluding hydrogens is 296 g/mol. The average Bonchev–Trinajstić information content (AvgIpc) is 2.66. The normalized spacial score (nSPS) is 11.5. The van der Waals surface area contributed by atoms with Crippen LogP contribution in [0.25, 0.3) is 43.6 Å². The molecule has 0 aliphatic carbocycles. The third kappa shape index (κ3) is 1.75. The average molecular weight is 308 g/mol. The highest BCUT2D eigenvalue weighted by Gasteiger charge is 2.11. The zero-order valence-electron chi connectivity index (χ0n) is 12.7. The minimum Gasteiger partial charge on any atom is -0.298 e. The number of benzene rings is 4. The summed E-state index contributed by atoms with van der Waals surface area (Å²) in [7, 11) is 0. The van der Waals surface area contributed by atoms with Crippen LogP contribution in [-0.2, 0) is 0 Å². The van der Waals surface area contributed by atoms with E-state index in [0.29, 0.717) is 5.56 Å². The highest BCUT2D eigenvalue weighted by Crippen LogP contribution is 2.33. The quantitative estimate of drug-likeness (QED) is 0.251. The summed E-state index contributed by atoms with van der Waals surface area (Å²) in [6.07, 6.45) is 0.837. The van der Waals surface area contributed by atoms with Crippen molar-refractivity contribution in [1.29, 1.82) is 0 Å². The second-order valence-corrected chi connectivity index (χ2v) is 5.88. The van der Waals surface area contributed by atoms with Crippen molar-refractivity contribution in [2.45, 2.75) is 0 Å². The van der Waals surface area contributed by atoms with Crippen LogP contribution in [0.3, 0.4) is 0 Å². The number of hydrogen-bond acceptors (Lipinski definition) is 3. The maximum atomic E-state index is 11.1. The van der Waals surface area contributed by atoms with Gasteiger partial charge in [0.25, 0.3) is 0 Å². The Morgan fingerprint density at radius 2 is 1.17 bits per heavy atom. The van der Waals surface area contributed by atoms with Crippen molar-refractivity contribution in [3.05, 3.63) is 72.3 Å². The van der Waals surface area contributed by atoms with Gasteiger partial charge in [0.15, 0.2) is 0 Å². The van der Waals surface area contributed by atoms with E-state index in [9.17, 15) is 4.79 Å². The van der Waals surface area contributed by atoms with Crippen molar-refractivity contribution in [2.75, 3.05) is 0 Å². The maximum Gasteiger partial charge on any atom is 0.150 e.